The highest BCUT2D eigenvalue weighted by Gasteiger charge is 2.26. The number of hydrogen-bond acceptors (Lipinski definition) is 2. The fourth-order valence-corrected chi connectivity index (χ4v) is 1.72. The van der Waals surface area contributed by atoms with Gasteiger partial charge in [0.1, 0.15) is 0 Å². The van der Waals surface area contributed by atoms with Gasteiger partial charge in [-0.05, 0) is 31.0 Å². The van der Waals surface area contributed by atoms with Gasteiger partial charge < -0.3 is 5.32 Å². The smallest absolute Gasteiger partial charge is 0.310 e. The lowest BCUT2D eigenvalue weighted by Gasteiger charge is -2.18. The third-order valence-corrected chi connectivity index (χ3v) is 2.49. The second-order valence-electron chi connectivity index (χ2n) is 3.90. The van der Waals surface area contributed by atoms with Crippen molar-refractivity contribution in [1.82, 2.24) is 10.3 Å². The number of aromatic nitrogens is 1. The van der Waals surface area contributed by atoms with Crippen LogP contribution in [0.25, 0.3) is 0 Å². The van der Waals surface area contributed by atoms with Crippen molar-refractivity contribution in [2.24, 2.45) is 0 Å². The zero-order chi connectivity index (χ0) is 12.7. The van der Waals surface area contributed by atoms with E-state index in [1.165, 1.54) is 0 Å². The van der Waals surface area contributed by atoms with E-state index in [-0.39, 0.29) is 12.5 Å². The van der Waals surface area contributed by atoms with Gasteiger partial charge in [-0.2, -0.15) is 13.2 Å². The molecule has 0 fully saturated rings. The van der Waals surface area contributed by atoms with Crippen molar-refractivity contribution in [1.29, 1.82) is 0 Å². The van der Waals surface area contributed by atoms with Crippen LogP contribution >= 0.6 is 0 Å². The van der Waals surface area contributed by atoms with Crippen molar-refractivity contribution >= 4 is 0 Å². The summed E-state index contributed by atoms with van der Waals surface area (Å²) >= 11 is 0. The van der Waals surface area contributed by atoms with Gasteiger partial charge in [0.15, 0.2) is 0 Å². The van der Waals surface area contributed by atoms with Gasteiger partial charge in [0.2, 0.25) is 0 Å². The number of rotatable bonds is 6. The quantitative estimate of drug-likeness (QED) is 0.831. The Balaban J connectivity index is 2.50. The first-order chi connectivity index (χ1) is 8.03. The average Bonchev–Trinajstić information content (AvgIpc) is 2.27. The van der Waals surface area contributed by atoms with Crippen LogP contribution in [0.4, 0.5) is 13.2 Å². The first-order valence-electron chi connectivity index (χ1n) is 5.73. The van der Waals surface area contributed by atoms with Crippen LogP contribution in [-0.4, -0.2) is 17.7 Å². The van der Waals surface area contributed by atoms with Gasteiger partial charge in [-0.15, -0.1) is 0 Å². The molecule has 96 valence electrons. The number of nitrogens with zero attached hydrogens (tertiary/aromatic N) is 1. The summed E-state index contributed by atoms with van der Waals surface area (Å²) in [5, 5.41) is 3.18. The van der Waals surface area contributed by atoms with Crippen molar-refractivity contribution in [2.45, 2.75) is 38.4 Å². The highest BCUT2D eigenvalue weighted by molar-refractivity contribution is 5.13. The third kappa shape index (κ3) is 5.68. The van der Waals surface area contributed by atoms with Gasteiger partial charge in [0.25, 0.3) is 0 Å². The zero-order valence-corrected chi connectivity index (χ0v) is 9.80. The number of pyridine rings is 1. The molecule has 0 amide bonds. The second kappa shape index (κ2) is 6.59. The van der Waals surface area contributed by atoms with Gasteiger partial charge in [0, 0.05) is 24.9 Å². The van der Waals surface area contributed by atoms with Crippen LogP contribution in [0.2, 0.25) is 0 Å². The molecule has 0 aliphatic carbocycles. The summed E-state index contributed by atoms with van der Waals surface area (Å²) in [7, 11) is 0. The first kappa shape index (κ1) is 14.0. The van der Waals surface area contributed by atoms with Gasteiger partial charge in [0.05, 0.1) is 0 Å². The predicted molar refractivity (Wildman–Crippen MR) is 60.6 cm³/mol. The largest absolute Gasteiger partial charge is 0.389 e. The average molecular weight is 246 g/mol. The Morgan fingerprint density at radius 3 is 2.71 bits per heavy atom. The van der Waals surface area contributed by atoms with Crippen LogP contribution in [-0.2, 0) is 0 Å². The molecule has 5 heteroatoms. The van der Waals surface area contributed by atoms with Crippen molar-refractivity contribution in [3.8, 4) is 0 Å². The number of alkyl halides is 3. The van der Waals surface area contributed by atoms with Crippen molar-refractivity contribution in [2.75, 3.05) is 6.54 Å². The van der Waals surface area contributed by atoms with E-state index < -0.39 is 12.6 Å². The topological polar surface area (TPSA) is 24.9 Å². The van der Waals surface area contributed by atoms with E-state index in [1.54, 1.807) is 18.5 Å². The summed E-state index contributed by atoms with van der Waals surface area (Å²) in [6.45, 7) is 2.67. The maximum Gasteiger partial charge on any atom is 0.389 e. The highest BCUT2D eigenvalue weighted by Crippen LogP contribution is 2.25. The zero-order valence-electron chi connectivity index (χ0n) is 9.80. The van der Waals surface area contributed by atoms with E-state index in [0.717, 1.165) is 12.1 Å². The van der Waals surface area contributed by atoms with E-state index in [2.05, 4.69) is 10.3 Å². The molecule has 0 bridgehead atoms. The fourth-order valence-electron chi connectivity index (χ4n) is 1.72. The monoisotopic (exact) mass is 246 g/mol. The normalized spacial score (nSPS) is 13.6. The maximum atomic E-state index is 12.1. The summed E-state index contributed by atoms with van der Waals surface area (Å²) in [5.41, 5.74) is 0.941. The SMILES string of the molecule is CCNC(CCCC(F)(F)F)c1cccnc1. The lowest BCUT2D eigenvalue weighted by atomic mass is 10.0. The molecule has 0 radical (unpaired) electrons. The van der Waals surface area contributed by atoms with Gasteiger partial charge in [-0.25, -0.2) is 0 Å². The van der Waals surface area contributed by atoms with Crippen LogP contribution in [0.15, 0.2) is 24.5 Å². The van der Waals surface area contributed by atoms with Crippen molar-refractivity contribution in [3.63, 3.8) is 0 Å². The summed E-state index contributed by atoms with van der Waals surface area (Å²) in [6, 6.07) is 3.63. The van der Waals surface area contributed by atoms with Crippen molar-refractivity contribution in [3.05, 3.63) is 30.1 Å². The van der Waals surface area contributed by atoms with Gasteiger partial charge in [-0.3, -0.25) is 4.98 Å². The Hall–Kier alpha value is -1.10. The molecule has 0 aromatic carbocycles. The predicted octanol–water partition coefficient (Wildman–Crippen LogP) is 3.46. The van der Waals surface area contributed by atoms with E-state index in [9.17, 15) is 13.2 Å². The molecular formula is C12H17F3N2. The first-order valence-corrected chi connectivity index (χ1v) is 5.73. The minimum absolute atomic E-state index is 0.0453. The van der Waals surface area contributed by atoms with Crippen LogP contribution < -0.4 is 5.32 Å². The minimum atomic E-state index is -4.06. The molecule has 0 saturated heterocycles. The van der Waals surface area contributed by atoms with Crippen LogP contribution in [0.5, 0.6) is 0 Å². The van der Waals surface area contributed by atoms with Crippen LogP contribution in [0.1, 0.15) is 37.8 Å². The maximum absolute atomic E-state index is 12.1. The van der Waals surface area contributed by atoms with Crippen molar-refractivity contribution < 1.29 is 13.2 Å². The lowest BCUT2D eigenvalue weighted by Crippen LogP contribution is -2.21. The van der Waals surface area contributed by atoms with E-state index in [1.807, 2.05) is 13.0 Å². The van der Waals surface area contributed by atoms with E-state index >= 15 is 0 Å². The van der Waals surface area contributed by atoms with E-state index in [4.69, 9.17) is 0 Å². The molecule has 1 atom stereocenters. The molecule has 0 spiro atoms. The van der Waals surface area contributed by atoms with Gasteiger partial charge in [-0.1, -0.05) is 13.0 Å². The molecular weight excluding hydrogens is 229 g/mol. The molecule has 1 aromatic rings. The summed E-state index contributed by atoms with van der Waals surface area (Å²) in [4.78, 5) is 3.98. The summed E-state index contributed by atoms with van der Waals surface area (Å²) in [5.74, 6) is 0. The van der Waals surface area contributed by atoms with Gasteiger partial charge >= 0.3 is 6.18 Å². The highest BCUT2D eigenvalue weighted by atomic mass is 19.4. The lowest BCUT2D eigenvalue weighted by molar-refractivity contribution is -0.135. The molecule has 0 aliphatic heterocycles. The molecule has 1 rings (SSSR count). The van der Waals surface area contributed by atoms with E-state index in [0.29, 0.717) is 6.42 Å². The Labute approximate surface area is 99.3 Å². The standard InChI is InChI=1S/C12H17F3N2/c1-2-17-11(6-3-7-12(13,14)15)10-5-4-8-16-9-10/h4-5,8-9,11,17H,2-3,6-7H2,1H3. The summed E-state index contributed by atoms with van der Waals surface area (Å²) in [6.07, 6.45) is -0.834. The Kier molecular flexibility index (Phi) is 5.41. The Bertz CT molecular complexity index is 311. The van der Waals surface area contributed by atoms with Crippen LogP contribution in [0.3, 0.4) is 0 Å². The number of hydrogen-bond donors (Lipinski definition) is 1. The second-order valence-corrected chi connectivity index (χ2v) is 3.90. The number of halogens is 3. The molecule has 17 heavy (non-hydrogen) atoms. The molecule has 1 aromatic heterocycles. The Morgan fingerprint density at radius 1 is 1.41 bits per heavy atom. The number of nitrogens with one attached hydrogen (secondary N) is 1. The molecule has 1 N–H and O–H groups in total. The van der Waals surface area contributed by atoms with Crippen LogP contribution in [0, 0.1) is 0 Å². The molecule has 2 nitrogen and oxygen atoms in total. The fraction of sp³-hybridized carbons (Fsp3) is 0.583. The minimum Gasteiger partial charge on any atom is -0.310 e. The third-order valence-electron chi connectivity index (χ3n) is 2.49. The summed E-state index contributed by atoms with van der Waals surface area (Å²) < 4.78 is 36.2. The molecule has 0 saturated carbocycles. The molecule has 1 heterocycles. The Morgan fingerprint density at radius 2 is 2.18 bits per heavy atom. The molecule has 0 aliphatic rings. The molecule has 1 unspecified atom stereocenters.